The Hall–Kier alpha value is -2.97. The molecule has 26 heavy (non-hydrogen) atoms. The summed E-state index contributed by atoms with van der Waals surface area (Å²) in [5, 5.41) is 16.9. The van der Waals surface area contributed by atoms with Gasteiger partial charge in [-0.15, -0.1) is 0 Å². The first-order valence-corrected chi connectivity index (χ1v) is 8.45. The van der Waals surface area contributed by atoms with Gasteiger partial charge in [0.1, 0.15) is 5.69 Å². The average Bonchev–Trinajstić information content (AvgIpc) is 3.16. The molecule has 1 aliphatic rings. The SMILES string of the molecule is O=C(NCCNc1ccccc1[N+](=O)[O-])C1CNNC1c1ccccc1. The van der Waals surface area contributed by atoms with Crippen LogP contribution in [0.4, 0.5) is 11.4 Å². The van der Waals surface area contributed by atoms with Crippen LogP contribution in [-0.2, 0) is 4.79 Å². The number of rotatable bonds is 7. The second-order valence-electron chi connectivity index (χ2n) is 6.01. The van der Waals surface area contributed by atoms with Gasteiger partial charge >= 0.3 is 0 Å². The molecule has 0 aromatic heterocycles. The molecule has 0 radical (unpaired) electrons. The molecular formula is C18H21N5O3. The van der Waals surface area contributed by atoms with Crippen molar-refractivity contribution in [2.45, 2.75) is 6.04 Å². The normalized spacial score (nSPS) is 19.1. The Bertz CT molecular complexity index is 768. The molecule has 136 valence electrons. The number of hydrogen-bond donors (Lipinski definition) is 4. The smallest absolute Gasteiger partial charge is 0.292 e. The first-order chi connectivity index (χ1) is 12.7. The lowest BCUT2D eigenvalue weighted by molar-refractivity contribution is -0.384. The lowest BCUT2D eigenvalue weighted by Crippen LogP contribution is -2.37. The molecule has 1 amide bonds. The fraction of sp³-hybridized carbons (Fsp3) is 0.278. The minimum absolute atomic E-state index is 0.0205. The zero-order chi connectivity index (χ0) is 18.4. The fourth-order valence-electron chi connectivity index (χ4n) is 3.01. The summed E-state index contributed by atoms with van der Waals surface area (Å²) >= 11 is 0. The van der Waals surface area contributed by atoms with Crippen LogP contribution < -0.4 is 21.5 Å². The Morgan fingerprint density at radius 1 is 1.12 bits per heavy atom. The van der Waals surface area contributed by atoms with Gasteiger partial charge in [0.05, 0.1) is 16.9 Å². The van der Waals surface area contributed by atoms with E-state index >= 15 is 0 Å². The van der Waals surface area contributed by atoms with Crippen molar-refractivity contribution >= 4 is 17.3 Å². The zero-order valence-electron chi connectivity index (χ0n) is 14.1. The van der Waals surface area contributed by atoms with E-state index in [9.17, 15) is 14.9 Å². The van der Waals surface area contributed by atoms with Crippen LogP contribution in [0, 0.1) is 16.0 Å². The van der Waals surface area contributed by atoms with Gasteiger partial charge in [0, 0.05) is 25.7 Å². The van der Waals surface area contributed by atoms with Crippen molar-refractivity contribution in [3.8, 4) is 0 Å². The molecule has 2 aromatic rings. The standard InChI is InChI=1S/C18H21N5O3/c24-18(14-12-21-22-17(14)13-6-2-1-3-7-13)20-11-10-19-15-8-4-5-9-16(15)23(25)26/h1-9,14,17,19,21-22H,10-12H2,(H,20,24). The van der Waals surface area contributed by atoms with Gasteiger partial charge in [-0.2, -0.15) is 0 Å². The third-order valence-electron chi connectivity index (χ3n) is 4.32. The Morgan fingerprint density at radius 3 is 2.62 bits per heavy atom. The maximum absolute atomic E-state index is 12.5. The molecule has 0 spiro atoms. The van der Waals surface area contributed by atoms with Crippen LogP contribution in [0.15, 0.2) is 54.6 Å². The number of hydrogen-bond acceptors (Lipinski definition) is 6. The number of nitro groups is 1. The van der Waals surface area contributed by atoms with Gasteiger partial charge in [0.25, 0.3) is 5.69 Å². The Balaban J connectivity index is 1.51. The summed E-state index contributed by atoms with van der Waals surface area (Å²) in [5.41, 5.74) is 7.69. The monoisotopic (exact) mass is 355 g/mol. The van der Waals surface area contributed by atoms with Crippen LogP contribution >= 0.6 is 0 Å². The fourth-order valence-corrected chi connectivity index (χ4v) is 3.01. The minimum Gasteiger partial charge on any atom is -0.378 e. The highest BCUT2D eigenvalue weighted by molar-refractivity contribution is 5.80. The summed E-state index contributed by atoms with van der Waals surface area (Å²) in [7, 11) is 0. The molecule has 8 heteroatoms. The predicted octanol–water partition coefficient (Wildman–Crippen LogP) is 1.59. The predicted molar refractivity (Wildman–Crippen MR) is 98.4 cm³/mol. The summed E-state index contributed by atoms with van der Waals surface area (Å²) in [6, 6.07) is 16.2. The zero-order valence-corrected chi connectivity index (χ0v) is 14.1. The molecular weight excluding hydrogens is 334 g/mol. The van der Waals surface area contributed by atoms with Gasteiger partial charge in [-0.3, -0.25) is 20.3 Å². The van der Waals surface area contributed by atoms with Crippen molar-refractivity contribution < 1.29 is 9.72 Å². The molecule has 1 aliphatic heterocycles. The highest BCUT2D eigenvalue weighted by atomic mass is 16.6. The highest BCUT2D eigenvalue weighted by Gasteiger charge is 2.33. The van der Waals surface area contributed by atoms with E-state index in [1.807, 2.05) is 30.3 Å². The van der Waals surface area contributed by atoms with Gasteiger partial charge in [-0.25, -0.2) is 5.43 Å². The number of carbonyl (C=O) groups is 1. The van der Waals surface area contributed by atoms with Crippen LogP contribution in [0.5, 0.6) is 0 Å². The average molecular weight is 355 g/mol. The van der Waals surface area contributed by atoms with Crippen molar-refractivity contribution in [3.05, 3.63) is 70.3 Å². The van der Waals surface area contributed by atoms with Crippen molar-refractivity contribution in [2.75, 3.05) is 25.0 Å². The molecule has 1 saturated heterocycles. The van der Waals surface area contributed by atoms with Crippen molar-refractivity contribution in [1.29, 1.82) is 0 Å². The lowest BCUT2D eigenvalue weighted by Gasteiger charge is -2.18. The van der Waals surface area contributed by atoms with Gasteiger partial charge in [0.2, 0.25) is 5.91 Å². The van der Waals surface area contributed by atoms with Crippen LogP contribution in [0.2, 0.25) is 0 Å². The molecule has 0 aliphatic carbocycles. The number of carbonyl (C=O) groups excluding carboxylic acids is 1. The van der Waals surface area contributed by atoms with E-state index in [2.05, 4.69) is 21.5 Å². The third-order valence-corrected chi connectivity index (χ3v) is 4.32. The summed E-state index contributed by atoms with van der Waals surface area (Å²) in [6.07, 6.45) is 0. The van der Waals surface area contributed by atoms with Gasteiger partial charge in [0.15, 0.2) is 0 Å². The number of benzene rings is 2. The molecule has 1 fully saturated rings. The number of nitrogens with zero attached hydrogens (tertiary/aromatic N) is 1. The highest BCUT2D eigenvalue weighted by Crippen LogP contribution is 2.25. The molecule has 1 heterocycles. The van der Waals surface area contributed by atoms with Gasteiger partial charge in [-0.05, 0) is 11.6 Å². The summed E-state index contributed by atoms with van der Waals surface area (Å²) in [4.78, 5) is 23.0. The first kappa shape index (κ1) is 17.8. The number of nitrogens with one attached hydrogen (secondary N) is 4. The van der Waals surface area contributed by atoms with Crippen molar-refractivity contribution in [2.24, 2.45) is 5.92 Å². The Kier molecular flexibility index (Phi) is 5.77. The summed E-state index contributed by atoms with van der Waals surface area (Å²) in [5.74, 6) is -0.274. The van der Waals surface area contributed by atoms with E-state index in [1.54, 1.807) is 18.2 Å². The second kappa shape index (κ2) is 8.41. The van der Waals surface area contributed by atoms with Crippen LogP contribution in [-0.4, -0.2) is 30.5 Å². The number of hydrazine groups is 1. The number of anilines is 1. The number of amides is 1. The summed E-state index contributed by atoms with van der Waals surface area (Å²) < 4.78 is 0. The topological polar surface area (TPSA) is 108 Å². The second-order valence-corrected chi connectivity index (χ2v) is 6.01. The van der Waals surface area contributed by atoms with Crippen LogP contribution in [0.3, 0.4) is 0 Å². The molecule has 0 bridgehead atoms. The third kappa shape index (κ3) is 4.16. The number of nitro benzene ring substituents is 1. The molecule has 2 unspecified atom stereocenters. The molecule has 8 nitrogen and oxygen atoms in total. The van der Waals surface area contributed by atoms with Crippen molar-refractivity contribution in [1.82, 2.24) is 16.2 Å². The van der Waals surface area contributed by atoms with E-state index < -0.39 is 4.92 Å². The minimum atomic E-state index is -0.429. The molecule has 4 N–H and O–H groups in total. The largest absolute Gasteiger partial charge is 0.378 e. The molecule has 3 rings (SSSR count). The quantitative estimate of drug-likeness (QED) is 0.341. The van der Waals surface area contributed by atoms with E-state index in [4.69, 9.17) is 0 Å². The molecule has 2 atom stereocenters. The first-order valence-electron chi connectivity index (χ1n) is 8.45. The maximum atomic E-state index is 12.5. The van der Waals surface area contributed by atoms with Crippen molar-refractivity contribution in [3.63, 3.8) is 0 Å². The van der Waals surface area contributed by atoms with Crippen LogP contribution in [0.25, 0.3) is 0 Å². The van der Waals surface area contributed by atoms with E-state index in [-0.39, 0.29) is 23.6 Å². The molecule has 0 saturated carbocycles. The summed E-state index contributed by atoms with van der Waals surface area (Å²) in [6.45, 7) is 1.33. The maximum Gasteiger partial charge on any atom is 0.292 e. The Labute approximate surface area is 151 Å². The molecule has 2 aromatic carbocycles. The van der Waals surface area contributed by atoms with Gasteiger partial charge < -0.3 is 10.6 Å². The van der Waals surface area contributed by atoms with Crippen LogP contribution in [0.1, 0.15) is 11.6 Å². The lowest BCUT2D eigenvalue weighted by atomic mass is 9.94. The van der Waals surface area contributed by atoms with E-state index in [1.165, 1.54) is 6.07 Å². The van der Waals surface area contributed by atoms with Gasteiger partial charge in [-0.1, -0.05) is 42.5 Å². The van der Waals surface area contributed by atoms with E-state index in [0.717, 1.165) is 5.56 Å². The van der Waals surface area contributed by atoms with E-state index in [0.29, 0.717) is 25.3 Å². The Morgan fingerprint density at radius 2 is 1.85 bits per heavy atom. The number of para-hydroxylation sites is 2.